The van der Waals surface area contributed by atoms with Gasteiger partial charge in [0.05, 0.1) is 4.90 Å². The molecule has 0 aliphatic heterocycles. The lowest BCUT2D eigenvalue weighted by molar-refractivity contribution is 0.442. The van der Waals surface area contributed by atoms with E-state index in [1.165, 1.54) is 0 Å². The van der Waals surface area contributed by atoms with Crippen molar-refractivity contribution in [3.05, 3.63) is 29.6 Å². The number of halogens is 3. The summed E-state index contributed by atoms with van der Waals surface area (Å²) in [5.74, 6) is -4.82. The van der Waals surface area contributed by atoms with Crippen molar-refractivity contribution >= 4 is 10.0 Å². The number of sulfonamides is 1. The summed E-state index contributed by atoms with van der Waals surface area (Å²) in [6.07, 6.45) is 1.39. The summed E-state index contributed by atoms with van der Waals surface area (Å²) in [4.78, 5) is -0.674. The lowest BCUT2D eigenvalue weighted by atomic mass is 10.2. The zero-order chi connectivity index (χ0) is 14.6. The van der Waals surface area contributed by atoms with Crippen LogP contribution in [0.1, 0.15) is 19.8 Å². The first-order valence-corrected chi connectivity index (χ1v) is 7.16. The fraction of sp³-hybridized carbons (Fsp3) is 0.455. The molecule has 0 radical (unpaired) electrons. The van der Waals surface area contributed by atoms with Crippen LogP contribution in [-0.4, -0.2) is 21.0 Å². The van der Waals surface area contributed by atoms with Crippen LogP contribution in [0, 0.1) is 17.5 Å². The SMILES string of the molecule is CCC[C@@H](N)CNS(=O)(=O)c1cc(F)c(F)c(F)c1. The van der Waals surface area contributed by atoms with E-state index in [9.17, 15) is 21.6 Å². The Hall–Kier alpha value is -1.12. The summed E-state index contributed by atoms with van der Waals surface area (Å²) >= 11 is 0. The topological polar surface area (TPSA) is 72.2 Å². The second kappa shape index (κ2) is 6.36. The third-order valence-electron chi connectivity index (χ3n) is 2.46. The molecule has 0 unspecified atom stereocenters. The van der Waals surface area contributed by atoms with Gasteiger partial charge >= 0.3 is 0 Å². The standard InChI is InChI=1S/C11H15F3N2O2S/c1-2-3-7(15)6-16-19(17,18)8-4-9(12)11(14)10(13)5-8/h4-5,7,16H,2-3,6,15H2,1H3/t7-/m1/s1. The second-order valence-electron chi connectivity index (χ2n) is 4.10. The first-order valence-electron chi connectivity index (χ1n) is 5.67. The Bertz CT molecular complexity index is 526. The van der Waals surface area contributed by atoms with E-state index in [0.29, 0.717) is 18.6 Å². The van der Waals surface area contributed by atoms with Crippen LogP contribution in [0.3, 0.4) is 0 Å². The lowest BCUT2D eigenvalue weighted by Gasteiger charge is -2.12. The zero-order valence-corrected chi connectivity index (χ0v) is 11.1. The molecule has 0 amide bonds. The van der Waals surface area contributed by atoms with Crippen molar-refractivity contribution in [2.75, 3.05) is 6.54 Å². The van der Waals surface area contributed by atoms with Crippen LogP contribution in [0.25, 0.3) is 0 Å². The van der Waals surface area contributed by atoms with Crippen LogP contribution in [0.4, 0.5) is 13.2 Å². The molecule has 0 saturated carbocycles. The maximum absolute atomic E-state index is 13.0. The summed E-state index contributed by atoms with van der Waals surface area (Å²) in [6, 6.07) is 0.452. The molecule has 3 N–H and O–H groups in total. The molecule has 1 aromatic rings. The van der Waals surface area contributed by atoms with Crippen LogP contribution in [-0.2, 0) is 10.0 Å². The van der Waals surface area contributed by atoms with Crippen LogP contribution in [0.5, 0.6) is 0 Å². The van der Waals surface area contributed by atoms with E-state index in [1.807, 2.05) is 6.92 Å². The van der Waals surface area contributed by atoms with Gasteiger partial charge in [-0.1, -0.05) is 13.3 Å². The van der Waals surface area contributed by atoms with Crippen LogP contribution in [0.15, 0.2) is 17.0 Å². The van der Waals surface area contributed by atoms with Crippen molar-refractivity contribution in [2.45, 2.75) is 30.7 Å². The number of rotatable bonds is 6. The molecule has 8 heteroatoms. The molecule has 0 heterocycles. The predicted octanol–water partition coefficient (Wildman–Crippen LogP) is 1.51. The first kappa shape index (κ1) is 15.9. The summed E-state index contributed by atoms with van der Waals surface area (Å²) in [5, 5.41) is 0. The van der Waals surface area contributed by atoms with Gasteiger partial charge in [-0.2, -0.15) is 0 Å². The molecule has 0 fully saturated rings. The monoisotopic (exact) mass is 296 g/mol. The van der Waals surface area contributed by atoms with Crippen molar-refractivity contribution in [3.63, 3.8) is 0 Å². The van der Waals surface area contributed by atoms with E-state index in [0.717, 1.165) is 6.42 Å². The fourth-order valence-electron chi connectivity index (χ4n) is 1.46. The summed E-state index contributed by atoms with van der Waals surface area (Å²) in [7, 11) is -4.11. The van der Waals surface area contributed by atoms with Crippen molar-refractivity contribution in [2.24, 2.45) is 5.73 Å². The molecule has 1 atom stereocenters. The molecule has 0 aliphatic carbocycles. The number of hydrogen-bond donors (Lipinski definition) is 2. The Labute approximate surface area is 109 Å². The number of nitrogens with two attached hydrogens (primary N) is 1. The fourth-order valence-corrected chi connectivity index (χ4v) is 2.58. The van der Waals surface area contributed by atoms with E-state index in [2.05, 4.69) is 4.72 Å². The minimum atomic E-state index is -4.11. The van der Waals surface area contributed by atoms with E-state index in [4.69, 9.17) is 5.73 Å². The van der Waals surface area contributed by atoms with Gasteiger partial charge in [0.1, 0.15) is 0 Å². The van der Waals surface area contributed by atoms with Crippen molar-refractivity contribution in [1.82, 2.24) is 4.72 Å². The smallest absolute Gasteiger partial charge is 0.240 e. The van der Waals surface area contributed by atoms with Gasteiger partial charge < -0.3 is 5.73 Å². The average Bonchev–Trinajstić information content (AvgIpc) is 2.33. The Morgan fingerprint density at radius 3 is 2.26 bits per heavy atom. The highest BCUT2D eigenvalue weighted by molar-refractivity contribution is 7.89. The van der Waals surface area contributed by atoms with Gasteiger partial charge in [0, 0.05) is 12.6 Å². The molecular formula is C11H15F3N2O2S. The molecule has 108 valence electrons. The predicted molar refractivity (Wildman–Crippen MR) is 64.4 cm³/mol. The van der Waals surface area contributed by atoms with Crippen LogP contribution >= 0.6 is 0 Å². The number of hydrogen-bond acceptors (Lipinski definition) is 3. The summed E-state index contributed by atoms with van der Waals surface area (Å²) in [5.41, 5.74) is 5.62. The molecule has 0 saturated heterocycles. The molecule has 1 aromatic carbocycles. The maximum atomic E-state index is 13.0. The quantitative estimate of drug-likeness (QED) is 0.782. The van der Waals surface area contributed by atoms with Crippen LogP contribution < -0.4 is 10.5 Å². The van der Waals surface area contributed by atoms with E-state index in [-0.39, 0.29) is 6.54 Å². The largest absolute Gasteiger partial charge is 0.327 e. The zero-order valence-electron chi connectivity index (χ0n) is 10.3. The average molecular weight is 296 g/mol. The van der Waals surface area contributed by atoms with Gasteiger partial charge in [-0.05, 0) is 18.6 Å². The molecule has 0 spiro atoms. The summed E-state index contributed by atoms with van der Waals surface area (Å²) < 4.78 is 64.2. The van der Waals surface area contributed by atoms with E-state index >= 15 is 0 Å². The second-order valence-corrected chi connectivity index (χ2v) is 5.87. The minimum Gasteiger partial charge on any atom is -0.327 e. The third kappa shape index (κ3) is 4.19. The Morgan fingerprint density at radius 2 is 1.79 bits per heavy atom. The maximum Gasteiger partial charge on any atom is 0.240 e. The van der Waals surface area contributed by atoms with Gasteiger partial charge in [-0.25, -0.2) is 26.3 Å². The van der Waals surface area contributed by atoms with Crippen molar-refractivity contribution < 1.29 is 21.6 Å². The Kier molecular flexibility index (Phi) is 5.33. The minimum absolute atomic E-state index is 0.0587. The molecule has 0 bridgehead atoms. The normalized spacial score (nSPS) is 13.5. The lowest BCUT2D eigenvalue weighted by Crippen LogP contribution is -2.37. The van der Waals surface area contributed by atoms with Gasteiger partial charge in [0.2, 0.25) is 10.0 Å². The van der Waals surface area contributed by atoms with Gasteiger partial charge in [-0.3, -0.25) is 0 Å². The highest BCUT2D eigenvalue weighted by Crippen LogP contribution is 2.17. The van der Waals surface area contributed by atoms with Gasteiger partial charge in [0.25, 0.3) is 0 Å². The molecule has 1 rings (SSSR count). The van der Waals surface area contributed by atoms with Gasteiger partial charge in [-0.15, -0.1) is 0 Å². The van der Waals surface area contributed by atoms with Crippen LogP contribution in [0.2, 0.25) is 0 Å². The van der Waals surface area contributed by atoms with Gasteiger partial charge in [0.15, 0.2) is 17.5 Å². The third-order valence-corrected chi connectivity index (χ3v) is 3.87. The highest BCUT2D eigenvalue weighted by atomic mass is 32.2. The Balaban J connectivity index is 2.89. The number of benzene rings is 1. The highest BCUT2D eigenvalue weighted by Gasteiger charge is 2.20. The molecule has 0 aromatic heterocycles. The molecule has 19 heavy (non-hydrogen) atoms. The van der Waals surface area contributed by atoms with Crippen molar-refractivity contribution in [3.8, 4) is 0 Å². The summed E-state index contributed by atoms with van der Waals surface area (Å²) in [6.45, 7) is 1.83. The van der Waals surface area contributed by atoms with E-state index < -0.39 is 38.4 Å². The Morgan fingerprint density at radius 1 is 1.26 bits per heavy atom. The van der Waals surface area contributed by atoms with Crippen molar-refractivity contribution in [1.29, 1.82) is 0 Å². The molecular weight excluding hydrogens is 281 g/mol. The first-order chi connectivity index (χ1) is 8.77. The molecule has 0 aliphatic rings. The number of nitrogens with one attached hydrogen (secondary N) is 1. The van der Waals surface area contributed by atoms with E-state index in [1.54, 1.807) is 0 Å². The molecule has 4 nitrogen and oxygen atoms in total.